The van der Waals surface area contributed by atoms with Crippen LogP contribution in [0.5, 0.6) is 0 Å². The molecule has 6 heteroatoms. The van der Waals surface area contributed by atoms with Gasteiger partial charge >= 0.3 is 0 Å². The molecule has 1 aromatic carbocycles. The van der Waals surface area contributed by atoms with Crippen molar-refractivity contribution < 1.29 is 9.59 Å². The third kappa shape index (κ3) is 3.70. The number of hydrogen-bond donors (Lipinski definition) is 1. The molecule has 5 nitrogen and oxygen atoms in total. The summed E-state index contributed by atoms with van der Waals surface area (Å²) in [5.74, 6) is 0.00806. The molecule has 134 valence electrons. The quantitative estimate of drug-likeness (QED) is 0.836. The van der Waals surface area contributed by atoms with Gasteiger partial charge in [0.05, 0.1) is 5.69 Å². The van der Waals surface area contributed by atoms with E-state index in [-0.39, 0.29) is 11.8 Å². The van der Waals surface area contributed by atoms with E-state index in [4.69, 9.17) is 0 Å². The van der Waals surface area contributed by atoms with Gasteiger partial charge in [0.25, 0.3) is 0 Å². The molecule has 1 saturated heterocycles. The summed E-state index contributed by atoms with van der Waals surface area (Å²) in [6, 6.07) is 7.70. The number of amides is 2. The molecule has 2 amide bonds. The molecule has 1 fully saturated rings. The number of carbonyl (C=O) groups excluding carboxylic acids is 2. The number of carbonyl (C=O) groups is 2. The first-order valence-electron chi connectivity index (χ1n) is 9.07. The molecule has 0 spiro atoms. The minimum Gasteiger partial charge on any atom is -0.312 e. The summed E-state index contributed by atoms with van der Waals surface area (Å²) in [4.78, 5) is 31.6. The number of hydrogen-bond acceptors (Lipinski definition) is 4. The van der Waals surface area contributed by atoms with Crippen LogP contribution in [0.2, 0.25) is 0 Å². The maximum absolute atomic E-state index is 12.1. The summed E-state index contributed by atoms with van der Waals surface area (Å²) >= 11 is 1.59. The lowest BCUT2D eigenvalue weighted by molar-refractivity contribution is -0.117. The Balaban J connectivity index is 1.37. The van der Waals surface area contributed by atoms with Gasteiger partial charge < -0.3 is 4.90 Å². The second kappa shape index (κ2) is 7.41. The Bertz CT molecular complexity index is 831. The third-order valence-corrected chi connectivity index (χ3v) is 5.85. The van der Waals surface area contributed by atoms with Crippen molar-refractivity contribution in [3.05, 3.63) is 46.5 Å². The van der Waals surface area contributed by atoms with Gasteiger partial charge in [0.15, 0.2) is 5.13 Å². The molecule has 0 saturated carbocycles. The van der Waals surface area contributed by atoms with Gasteiger partial charge in [-0.1, -0.05) is 12.1 Å². The van der Waals surface area contributed by atoms with Crippen LogP contribution in [0.4, 0.5) is 10.8 Å². The molecule has 1 aliphatic heterocycles. The van der Waals surface area contributed by atoms with Gasteiger partial charge in [-0.3, -0.25) is 14.9 Å². The molecular formula is C20H21N3O2S. The van der Waals surface area contributed by atoms with Crippen molar-refractivity contribution in [3.63, 3.8) is 0 Å². The number of nitrogens with one attached hydrogen (secondary N) is 1. The predicted molar refractivity (Wildman–Crippen MR) is 104 cm³/mol. The number of nitrogens with zero attached hydrogens (tertiary/aromatic N) is 2. The lowest BCUT2D eigenvalue weighted by Gasteiger charge is -2.15. The normalized spacial score (nSPS) is 16.9. The van der Waals surface area contributed by atoms with Crippen molar-refractivity contribution in [3.8, 4) is 0 Å². The number of rotatable bonds is 4. The van der Waals surface area contributed by atoms with Crippen LogP contribution < -0.4 is 10.2 Å². The Labute approximate surface area is 156 Å². The van der Waals surface area contributed by atoms with E-state index >= 15 is 0 Å². The minimum absolute atomic E-state index is 0.171. The third-order valence-electron chi connectivity index (χ3n) is 4.78. The number of fused-ring (bicyclic) bond motifs is 1. The zero-order valence-corrected chi connectivity index (χ0v) is 15.3. The van der Waals surface area contributed by atoms with E-state index in [0.29, 0.717) is 11.6 Å². The predicted octanol–water partition coefficient (Wildman–Crippen LogP) is 3.80. The number of aryl methyl sites for hydroxylation is 2. The highest BCUT2D eigenvalue weighted by Gasteiger charge is 2.21. The molecule has 1 aromatic heterocycles. The summed E-state index contributed by atoms with van der Waals surface area (Å²) in [6.45, 7) is 0.786. The molecule has 2 aliphatic rings. The van der Waals surface area contributed by atoms with Gasteiger partial charge in [-0.15, -0.1) is 11.3 Å². The SMILES string of the molecule is O=C(/C=C/c1ccc(N2CCCC2=O)cc1)Nc1nc2c(s1)CCCC2. The Kier molecular flexibility index (Phi) is 4.84. The fourth-order valence-corrected chi connectivity index (χ4v) is 4.46. The van der Waals surface area contributed by atoms with Crippen molar-refractivity contribution >= 4 is 40.0 Å². The highest BCUT2D eigenvalue weighted by molar-refractivity contribution is 7.15. The molecule has 0 atom stereocenters. The maximum atomic E-state index is 12.1. The van der Waals surface area contributed by atoms with Crippen molar-refractivity contribution in [2.24, 2.45) is 0 Å². The van der Waals surface area contributed by atoms with Crippen molar-refractivity contribution in [2.75, 3.05) is 16.8 Å². The lowest BCUT2D eigenvalue weighted by atomic mass is 10.0. The summed E-state index contributed by atoms with van der Waals surface area (Å²) in [5, 5.41) is 3.55. The van der Waals surface area contributed by atoms with Crippen LogP contribution in [-0.2, 0) is 22.4 Å². The van der Waals surface area contributed by atoms with Gasteiger partial charge in [-0.25, -0.2) is 4.98 Å². The molecule has 0 radical (unpaired) electrons. The van der Waals surface area contributed by atoms with E-state index < -0.39 is 0 Å². The fourth-order valence-electron chi connectivity index (χ4n) is 3.41. The first-order chi connectivity index (χ1) is 12.7. The molecule has 2 heterocycles. The Hall–Kier alpha value is -2.47. The number of anilines is 2. The van der Waals surface area contributed by atoms with Gasteiger partial charge in [-0.05, 0) is 55.9 Å². The first kappa shape index (κ1) is 17.0. The van der Waals surface area contributed by atoms with Crippen molar-refractivity contribution in [2.45, 2.75) is 38.5 Å². The zero-order chi connectivity index (χ0) is 17.9. The number of benzene rings is 1. The molecule has 4 rings (SSSR count). The van der Waals surface area contributed by atoms with Gasteiger partial charge in [-0.2, -0.15) is 0 Å². The fraction of sp³-hybridized carbons (Fsp3) is 0.350. The topological polar surface area (TPSA) is 62.3 Å². The highest BCUT2D eigenvalue weighted by Crippen LogP contribution is 2.29. The monoisotopic (exact) mass is 367 g/mol. The van der Waals surface area contributed by atoms with E-state index in [1.807, 2.05) is 29.2 Å². The van der Waals surface area contributed by atoms with Crippen LogP contribution in [0.3, 0.4) is 0 Å². The second-order valence-corrected chi connectivity index (χ2v) is 7.74. The van der Waals surface area contributed by atoms with E-state index in [9.17, 15) is 9.59 Å². The van der Waals surface area contributed by atoms with E-state index in [1.54, 1.807) is 17.4 Å². The molecule has 1 aliphatic carbocycles. The largest absolute Gasteiger partial charge is 0.312 e. The molecule has 2 aromatic rings. The standard InChI is InChI=1S/C20H21N3O2S/c24-18(22-20-21-16-4-1-2-5-17(16)26-20)12-9-14-7-10-15(11-8-14)23-13-3-6-19(23)25/h7-12H,1-6,13H2,(H,21,22,24)/b12-9+. The molecule has 26 heavy (non-hydrogen) atoms. The van der Waals surface area contributed by atoms with Crippen LogP contribution >= 0.6 is 11.3 Å². The first-order valence-corrected chi connectivity index (χ1v) is 9.89. The second-order valence-electron chi connectivity index (χ2n) is 6.66. The molecule has 0 bridgehead atoms. The molecule has 0 unspecified atom stereocenters. The van der Waals surface area contributed by atoms with Gasteiger partial charge in [0.2, 0.25) is 11.8 Å². The Morgan fingerprint density at radius 1 is 1.12 bits per heavy atom. The van der Waals surface area contributed by atoms with E-state index in [1.165, 1.54) is 23.8 Å². The van der Waals surface area contributed by atoms with Gasteiger partial charge in [0.1, 0.15) is 0 Å². The average Bonchev–Trinajstić information content (AvgIpc) is 3.25. The van der Waals surface area contributed by atoms with Gasteiger partial charge in [0, 0.05) is 29.6 Å². The Morgan fingerprint density at radius 3 is 2.65 bits per heavy atom. The number of thiazole rings is 1. The molecule has 1 N–H and O–H groups in total. The van der Waals surface area contributed by atoms with Crippen LogP contribution in [0, 0.1) is 0 Å². The van der Waals surface area contributed by atoms with E-state index in [0.717, 1.165) is 42.8 Å². The number of aromatic nitrogens is 1. The average molecular weight is 367 g/mol. The van der Waals surface area contributed by atoms with Crippen molar-refractivity contribution in [1.29, 1.82) is 0 Å². The van der Waals surface area contributed by atoms with Crippen LogP contribution in [-0.4, -0.2) is 23.3 Å². The summed E-state index contributed by atoms with van der Waals surface area (Å²) in [7, 11) is 0. The van der Waals surface area contributed by atoms with Crippen molar-refractivity contribution in [1.82, 2.24) is 4.98 Å². The summed E-state index contributed by atoms with van der Waals surface area (Å²) < 4.78 is 0. The van der Waals surface area contributed by atoms with Crippen LogP contribution in [0.15, 0.2) is 30.3 Å². The highest BCUT2D eigenvalue weighted by atomic mass is 32.1. The zero-order valence-electron chi connectivity index (χ0n) is 14.5. The molecular weight excluding hydrogens is 346 g/mol. The summed E-state index contributed by atoms with van der Waals surface area (Å²) in [5.41, 5.74) is 2.99. The van der Waals surface area contributed by atoms with Crippen LogP contribution in [0.25, 0.3) is 6.08 Å². The smallest absolute Gasteiger partial charge is 0.250 e. The lowest BCUT2D eigenvalue weighted by Crippen LogP contribution is -2.23. The maximum Gasteiger partial charge on any atom is 0.250 e. The summed E-state index contributed by atoms with van der Waals surface area (Å²) in [6.07, 6.45) is 9.33. The minimum atomic E-state index is -0.171. The van der Waals surface area contributed by atoms with Crippen LogP contribution in [0.1, 0.15) is 41.8 Å². The Morgan fingerprint density at radius 2 is 1.92 bits per heavy atom. The van der Waals surface area contributed by atoms with E-state index in [2.05, 4.69) is 10.3 Å².